The fourth-order valence-electron chi connectivity index (χ4n) is 3.86. The molecule has 1 N–H and O–H groups in total. The Morgan fingerprint density at radius 2 is 1.97 bits per heavy atom. The molecular weight excluding hydrogens is 425 g/mol. The molecule has 4 rings (SSSR count). The Bertz CT molecular complexity index is 975. The zero-order valence-corrected chi connectivity index (χ0v) is 17.2. The van der Waals surface area contributed by atoms with Crippen LogP contribution in [0.5, 0.6) is 5.75 Å². The van der Waals surface area contributed by atoms with Gasteiger partial charge in [0, 0.05) is 25.3 Å². The summed E-state index contributed by atoms with van der Waals surface area (Å²) < 4.78 is 50.9. The highest BCUT2D eigenvalue weighted by molar-refractivity contribution is 6.03. The van der Waals surface area contributed by atoms with Crippen LogP contribution in [-0.2, 0) is 20.5 Å². The van der Waals surface area contributed by atoms with E-state index in [4.69, 9.17) is 9.47 Å². The van der Waals surface area contributed by atoms with Crippen molar-refractivity contribution in [3.05, 3.63) is 54.1 Å². The second-order valence-electron chi connectivity index (χ2n) is 7.88. The van der Waals surface area contributed by atoms with Crippen molar-refractivity contribution in [3.8, 4) is 5.75 Å². The highest BCUT2D eigenvalue weighted by Crippen LogP contribution is 2.36. The van der Waals surface area contributed by atoms with Crippen LogP contribution in [0.4, 0.5) is 24.5 Å². The molecule has 2 aliphatic rings. The highest BCUT2D eigenvalue weighted by atomic mass is 19.4. The van der Waals surface area contributed by atoms with Crippen LogP contribution >= 0.6 is 0 Å². The number of nitrogens with zero attached hydrogens (tertiary/aromatic N) is 1. The Morgan fingerprint density at radius 3 is 2.66 bits per heavy atom. The van der Waals surface area contributed by atoms with Gasteiger partial charge in [-0.25, -0.2) is 0 Å². The zero-order chi connectivity index (χ0) is 22.7. The van der Waals surface area contributed by atoms with E-state index in [1.807, 2.05) is 6.07 Å². The van der Waals surface area contributed by atoms with E-state index in [9.17, 15) is 22.8 Å². The molecule has 0 unspecified atom stereocenters. The minimum Gasteiger partial charge on any atom is -0.489 e. The largest absolute Gasteiger partial charge is 0.489 e. The summed E-state index contributed by atoms with van der Waals surface area (Å²) in [4.78, 5) is 26.8. The molecule has 0 aliphatic carbocycles. The fraction of sp³-hybridized carbons (Fsp3) is 0.391. The van der Waals surface area contributed by atoms with E-state index < -0.39 is 23.6 Å². The molecule has 2 heterocycles. The minimum absolute atomic E-state index is 0.0220. The average molecular weight is 448 g/mol. The van der Waals surface area contributed by atoms with Crippen LogP contribution in [0.3, 0.4) is 0 Å². The van der Waals surface area contributed by atoms with Crippen LogP contribution < -0.4 is 15.0 Å². The van der Waals surface area contributed by atoms with Crippen LogP contribution in [0.15, 0.2) is 48.5 Å². The molecule has 2 aromatic carbocycles. The Labute approximate surface area is 183 Å². The van der Waals surface area contributed by atoms with Crippen molar-refractivity contribution >= 4 is 23.2 Å². The van der Waals surface area contributed by atoms with Gasteiger partial charge in [0.25, 0.3) is 0 Å². The van der Waals surface area contributed by atoms with Gasteiger partial charge >= 0.3 is 6.18 Å². The minimum atomic E-state index is -4.57. The third-order valence-electron chi connectivity index (χ3n) is 5.58. The predicted octanol–water partition coefficient (Wildman–Crippen LogP) is 4.25. The third-order valence-corrected chi connectivity index (χ3v) is 5.58. The number of amides is 2. The maximum absolute atomic E-state index is 13.2. The van der Waals surface area contributed by atoms with E-state index in [2.05, 4.69) is 5.32 Å². The summed E-state index contributed by atoms with van der Waals surface area (Å²) in [5.41, 5.74) is -0.299. The molecular formula is C23H23F3N2O4. The Balaban J connectivity index is 1.49. The van der Waals surface area contributed by atoms with E-state index >= 15 is 0 Å². The molecule has 170 valence electrons. The number of anilines is 2. The smallest absolute Gasteiger partial charge is 0.416 e. The Hall–Kier alpha value is -3.07. The first-order valence-corrected chi connectivity index (χ1v) is 10.4. The van der Waals surface area contributed by atoms with Gasteiger partial charge in [-0.05, 0) is 43.2 Å². The Kier molecular flexibility index (Phi) is 6.36. The number of carbonyl (C=O) groups is 2. The lowest BCUT2D eigenvalue weighted by molar-refractivity contribution is -0.137. The van der Waals surface area contributed by atoms with Crippen molar-refractivity contribution in [2.45, 2.75) is 31.5 Å². The van der Waals surface area contributed by atoms with Gasteiger partial charge in [0.15, 0.2) is 0 Å². The first-order chi connectivity index (χ1) is 15.3. The van der Waals surface area contributed by atoms with Crippen molar-refractivity contribution < 1.29 is 32.2 Å². The molecule has 9 heteroatoms. The van der Waals surface area contributed by atoms with E-state index in [0.29, 0.717) is 12.3 Å². The van der Waals surface area contributed by atoms with Crippen LogP contribution in [-0.4, -0.2) is 37.7 Å². The standard InChI is InChI=1S/C23H23F3N2O4/c24-23(25,26)16-8-9-20(32-14-18-7-4-10-31-18)19(12-16)27-22(30)15-11-21(29)28(13-15)17-5-2-1-3-6-17/h1-3,5-6,8-9,12,15,18H,4,7,10-11,13-14H2,(H,27,30)/t15-,18-/m0/s1. The van der Waals surface area contributed by atoms with Gasteiger partial charge in [-0.15, -0.1) is 0 Å². The molecule has 0 saturated carbocycles. The summed E-state index contributed by atoms with van der Waals surface area (Å²) in [5, 5.41) is 2.55. The lowest BCUT2D eigenvalue weighted by atomic mass is 10.1. The normalized spacial score (nSPS) is 21.1. The lowest BCUT2D eigenvalue weighted by Gasteiger charge is -2.19. The number of hydrogen-bond acceptors (Lipinski definition) is 4. The monoisotopic (exact) mass is 448 g/mol. The molecule has 0 bridgehead atoms. The molecule has 2 aromatic rings. The van der Waals surface area contributed by atoms with Crippen molar-refractivity contribution in [2.24, 2.45) is 5.92 Å². The Morgan fingerprint density at radius 1 is 1.19 bits per heavy atom. The first-order valence-electron chi connectivity index (χ1n) is 10.4. The van der Waals surface area contributed by atoms with E-state index in [-0.39, 0.29) is 43.0 Å². The van der Waals surface area contributed by atoms with Crippen molar-refractivity contribution in [2.75, 3.05) is 30.0 Å². The van der Waals surface area contributed by atoms with Gasteiger partial charge in [-0.3, -0.25) is 9.59 Å². The summed E-state index contributed by atoms with van der Waals surface area (Å²) in [6.07, 6.45) is -3.01. The van der Waals surface area contributed by atoms with Gasteiger partial charge in [0.2, 0.25) is 11.8 Å². The molecule has 32 heavy (non-hydrogen) atoms. The van der Waals surface area contributed by atoms with E-state index in [0.717, 1.165) is 25.0 Å². The molecule has 2 atom stereocenters. The summed E-state index contributed by atoms with van der Waals surface area (Å²) in [7, 11) is 0. The van der Waals surface area contributed by atoms with Gasteiger partial charge in [-0.2, -0.15) is 13.2 Å². The van der Waals surface area contributed by atoms with Crippen LogP contribution in [0.2, 0.25) is 0 Å². The summed E-state index contributed by atoms with van der Waals surface area (Å²) in [5.74, 6) is -1.30. The van der Waals surface area contributed by atoms with Crippen LogP contribution in [0.25, 0.3) is 0 Å². The van der Waals surface area contributed by atoms with E-state index in [1.165, 1.54) is 11.0 Å². The number of para-hydroxylation sites is 1. The number of hydrogen-bond donors (Lipinski definition) is 1. The maximum Gasteiger partial charge on any atom is 0.416 e. The molecule has 0 aromatic heterocycles. The first kappa shape index (κ1) is 22.1. The molecule has 6 nitrogen and oxygen atoms in total. The number of nitrogens with one attached hydrogen (secondary N) is 1. The van der Waals surface area contributed by atoms with Gasteiger partial charge in [0.1, 0.15) is 12.4 Å². The summed E-state index contributed by atoms with van der Waals surface area (Å²) in [6.45, 7) is 0.954. The number of benzene rings is 2. The SMILES string of the molecule is O=C(Nc1cc(C(F)(F)F)ccc1OC[C@@H]1CCCO1)[C@H]1CC(=O)N(c2ccccc2)C1. The summed E-state index contributed by atoms with van der Waals surface area (Å²) >= 11 is 0. The van der Waals surface area contributed by atoms with Gasteiger partial charge in [0.05, 0.1) is 23.3 Å². The second-order valence-corrected chi connectivity index (χ2v) is 7.88. The molecule has 2 aliphatic heterocycles. The molecule has 2 fully saturated rings. The van der Waals surface area contributed by atoms with Crippen molar-refractivity contribution in [3.63, 3.8) is 0 Å². The van der Waals surface area contributed by atoms with Crippen molar-refractivity contribution in [1.29, 1.82) is 0 Å². The maximum atomic E-state index is 13.2. The molecule has 2 amide bonds. The average Bonchev–Trinajstić information content (AvgIpc) is 3.42. The number of carbonyl (C=O) groups excluding carboxylic acids is 2. The molecule has 0 spiro atoms. The number of halogens is 3. The van der Waals surface area contributed by atoms with Gasteiger partial charge in [-0.1, -0.05) is 18.2 Å². The quantitative estimate of drug-likeness (QED) is 0.717. The number of alkyl halides is 3. The van der Waals surface area contributed by atoms with Crippen LogP contribution in [0.1, 0.15) is 24.8 Å². The summed E-state index contributed by atoms with van der Waals surface area (Å²) in [6, 6.07) is 11.9. The molecule has 0 radical (unpaired) electrons. The number of rotatable bonds is 6. The predicted molar refractivity (Wildman–Crippen MR) is 111 cm³/mol. The topological polar surface area (TPSA) is 67.9 Å². The molecule has 2 saturated heterocycles. The second kappa shape index (κ2) is 9.20. The fourth-order valence-corrected chi connectivity index (χ4v) is 3.86. The lowest BCUT2D eigenvalue weighted by Crippen LogP contribution is -2.28. The highest BCUT2D eigenvalue weighted by Gasteiger charge is 2.36. The van der Waals surface area contributed by atoms with Gasteiger partial charge < -0.3 is 19.7 Å². The van der Waals surface area contributed by atoms with E-state index in [1.54, 1.807) is 24.3 Å². The third kappa shape index (κ3) is 5.04. The van der Waals surface area contributed by atoms with Crippen molar-refractivity contribution in [1.82, 2.24) is 0 Å². The van der Waals surface area contributed by atoms with Crippen LogP contribution in [0, 0.1) is 5.92 Å². The number of ether oxygens (including phenoxy) is 2. The zero-order valence-electron chi connectivity index (χ0n) is 17.2.